The standard InChI is InChI=1S/C12H15NO2/c1-11-5-4-7-12(9-11,10(14)15-11)6-2-3-8-13/h4,7H,2-3,5-6,9H2,1H3. The Balaban J connectivity index is 2.13. The fourth-order valence-electron chi connectivity index (χ4n) is 2.63. The number of fused-ring (bicyclic) bond motifs is 2. The Morgan fingerprint density at radius 3 is 3.20 bits per heavy atom. The quantitative estimate of drug-likeness (QED) is 0.403. The molecule has 0 amide bonds. The van der Waals surface area contributed by atoms with Gasteiger partial charge in [0.15, 0.2) is 0 Å². The molecule has 1 saturated heterocycles. The van der Waals surface area contributed by atoms with Crippen molar-refractivity contribution in [2.75, 3.05) is 0 Å². The van der Waals surface area contributed by atoms with Gasteiger partial charge in [0.05, 0.1) is 11.5 Å². The molecule has 1 aliphatic carbocycles. The van der Waals surface area contributed by atoms with Gasteiger partial charge in [0, 0.05) is 19.3 Å². The molecule has 2 atom stereocenters. The van der Waals surface area contributed by atoms with Gasteiger partial charge in [0.1, 0.15) is 5.60 Å². The van der Waals surface area contributed by atoms with Gasteiger partial charge in [-0.05, 0) is 19.8 Å². The molecule has 0 aromatic rings. The van der Waals surface area contributed by atoms with Crippen LogP contribution in [0.15, 0.2) is 12.2 Å². The van der Waals surface area contributed by atoms with Crippen LogP contribution in [-0.4, -0.2) is 11.6 Å². The fourth-order valence-corrected chi connectivity index (χ4v) is 2.63. The number of rotatable bonds is 3. The Kier molecular flexibility index (Phi) is 2.30. The van der Waals surface area contributed by atoms with Crippen LogP contribution in [-0.2, 0) is 9.53 Å². The molecule has 0 saturated carbocycles. The highest BCUT2D eigenvalue weighted by atomic mass is 16.6. The van der Waals surface area contributed by atoms with E-state index in [0.717, 1.165) is 25.7 Å². The van der Waals surface area contributed by atoms with Crippen LogP contribution in [0.4, 0.5) is 0 Å². The fraction of sp³-hybridized carbons (Fsp3) is 0.667. The Bertz CT molecular complexity index is 355. The zero-order valence-electron chi connectivity index (χ0n) is 8.95. The second kappa shape index (κ2) is 3.37. The third kappa shape index (κ3) is 1.65. The second-order valence-corrected chi connectivity index (χ2v) is 4.79. The molecule has 0 spiro atoms. The lowest BCUT2D eigenvalue weighted by Crippen LogP contribution is -2.28. The van der Waals surface area contributed by atoms with E-state index < -0.39 is 5.41 Å². The van der Waals surface area contributed by atoms with Crippen molar-refractivity contribution in [1.82, 2.24) is 0 Å². The number of unbranched alkanes of at least 4 members (excludes halogenated alkanes) is 1. The van der Waals surface area contributed by atoms with E-state index in [2.05, 4.69) is 6.07 Å². The minimum absolute atomic E-state index is 0.100. The Hall–Kier alpha value is -1.30. The highest BCUT2D eigenvalue weighted by Crippen LogP contribution is 2.49. The lowest BCUT2D eigenvalue weighted by Gasteiger charge is -2.27. The number of nitriles is 1. The van der Waals surface area contributed by atoms with Crippen LogP contribution >= 0.6 is 0 Å². The van der Waals surface area contributed by atoms with E-state index in [1.807, 2.05) is 19.1 Å². The van der Waals surface area contributed by atoms with Crippen molar-refractivity contribution in [3.63, 3.8) is 0 Å². The van der Waals surface area contributed by atoms with Crippen LogP contribution in [0.2, 0.25) is 0 Å². The van der Waals surface area contributed by atoms with Gasteiger partial charge in [-0.1, -0.05) is 12.2 Å². The summed E-state index contributed by atoms with van der Waals surface area (Å²) >= 11 is 0. The minimum atomic E-state index is -0.427. The molecule has 0 N–H and O–H groups in total. The first kappa shape index (κ1) is 10.2. The summed E-state index contributed by atoms with van der Waals surface area (Å²) in [5.74, 6) is -0.100. The topological polar surface area (TPSA) is 50.1 Å². The summed E-state index contributed by atoms with van der Waals surface area (Å²) in [6.07, 6.45) is 7.65. The van der Waals surface area contributed by atoms with Gasteiger partial charge in [0.25, 0.3) is 0 Å². The maximum Gasteiger partial charge on any atom is 0.316 e. The van der Waals surface area contributed by atoms with Crippen molar-refractivity contribution in [1.29, 1.82) is 5.26 Å². The van der Waals surface area contributed by atoms with Crippen molar-refractivity contribution >= 4 is 5.97 Å². The van der Waals surface area contributed by atoms with E-state index in [-0.39, 0.29) is 11.6 Å². The molecule has 1 aliphatic heterocycles. The molecule has 0 aromatic heterocycles. The van der Waals surface area contributed by atoms with E-state index in [9.17, 15) is 4.79 Å². The number of ether oxygens (including phenoxy) is 1. The number of carbonyl (C=O) groups excluding carboxylic acids is 1. The molecule has 3 heteroatoms. The van der Waals surface area contributed by atoms with Crippen LogP contribution < -0.4 is 0 Å². The lowest BCUT2D eigenvalue weighted by molar-refractivity contribution is -0.151. The van der Waals surface area contributed by atoms with Crippen molar-refractivity contribution in [2.24, 2.45) is 5.41 Å². The average Bonchev–Trinajstić information content (AvgIpc) is 2.33. The summed E-state index contributed by atoms with van der Waals surface area (Å²) in [6, 6.07) is 2.11. The van der Waals surface area contributed by atoms with Crippen LogP contribution in [0.3, 0.4) is 0 Å². The Morgan fingerprint density at radius 1 is 1.67 bits per heavy atom. The highest BCUT2D eigenvalue weighted by molar-refractivity contribution is 5.82. The average molecular weight is 205 g/mol. The summed E-state index contributed by atoms with van der Waals surface area (Å²) in [7, 11) is 0. The van der Waals surface area contributed by atoms with E-state index in [1.165, 1.54) is 0 Å². The van der Waals surface area contributed by atoms with Crippen molar-refractivity contribution in [3.05, 3.63) is 12.2 Å². The number of hydrogen-bond donors (Lipinski definition) is 0. The van der Waals surface area contributed by atoms with Gasteiger partial charge in [-0.15, -0.1) is 0 Å². The highest BCUT2D eigenvalue weighted by Gasteiger charge is 2.54. The smallest absolute Gasteiger partial charge is 0.316 e. The van der Waals surface area contributed by atoms with Crippen molar-refractivity contribution in [3.8, 4) is 6.07 Å². The summed E-state index contributed by atoms with van der Waals surface area (Å²) in [4.78, 5) is 11.8. The van der Waals surface area contributed by atoms with Crippen molar-refractivity contribution in [2.45, 2.75) is 44.6 Å². The number of nitrogens with zero attached hydrogens (tertiary/aromatic N) is 1. The molecule has 15 heavy (non-hydrogen) atoms. The Labute approximate surface area is 89.7 Å². The van der Waals surface area contributed by atoms with Gasteiger partial charge < -0.3 is 4.74 Å². The molecule has 0 aromatic carbocycles. The summed E-state index contributed by atoms with van der Waals surface area (Å²) in [5, 5.41) is 8.50. The van der Waals surface area contributed by atoms with Gasteiger partial charge >= 0.3 is 5.97 Å². The third-order valence-corrected chi connectivity index (χ3v) is 3.33. The maximum absolute atomic E-state index is 11.8. The van der Waals surface area contributed by atoms with Crippen LogP contribution in [0.25, 0.3) is 0 Å². The zero-order valence-corrected chi connectivity index (χ0v) is 8.95. The molecule has 2 bridgehead atoms. The minimum Gasteiger partial charge on any atom is -0.458 e. The summed E-state index contributed by atoms with van der Waals surface area (Å²) in [6.45, 7) is 1.99. The van der Waals surface area contributed by atoms with Gasteiger partial charge in [-0.25, -0.2) is 0 Å². The predicted octanol–water partition coefficient (Wildman–Crippen LogP) is 2.33. The summed E-state index contributed by atoms with van der Waals surface area (Å²) < 4.78 is 5.42. The molecule has 3 nitrogen and oxygen atoms in total. The van der Waals surface area contributed by atoms with Gasteiger partial charge in [0.2, 0.25) is 0 Å². The van der Waals surface area contributed by atoms with E-state index >= 15 is 0 Å². The van der Waals surface area contributed by atoms with E-state index in [4.69, 9.17) is 10.00 Å². The maximum atomic E-state index is 11.8. The zero-order chi connectivity index (χ0) is 10.9. The molecule has 2 rings (SSSR count). The van der Waals surface area contributed by atoms with E-state index in [1.54, 1.807) is 0 Å². The van der Waals surface area contributed by atoms with Crippen molar-refractivity contribution < 1.29 is 9.53 Å². The molecule has 0 radical (unpaired) electrons. The number of hydrogen-bond acceptors (Lipinski definition) is 3. The Morgan fingerprint density at radius 2 is 2.47 bits per heavy atom. The molecule has 80 valence electrons. The third-order valence-electron chi connectivity index (χ3n) is 3.33. The molecule has 2 unspecified atom stereocenters. The van der Waals surface area contributed by atoms with Crippen LogP contribution in [0, 0.1) is 16.7 Å². The first-order valence-electron chi connectivity index (χ1n) is 5.38. The molecule has 1 fully saturated rings. The van der Waals surface area contributed by atoms with E-state index in [0.29, 0.717) is 6.42 Å². The number of esters is 1. The largest absolute Gasteiger partial charge is 0.458 e. The monoisotopic (exact) mass is 205 g/mol. The normalized spacial score (nSPS) is 37.5. The number of carbonyl (C=O) groups is 1. The van der Waals surface area contributed by atoms with Gasteiger partial charge in [-0.2, -0.15) is 5.26 Å². The van der Waals surface area contributed by atoms with Crippen LogP contribution in [0.1, 0.15) is 39.0 Å². The second-order valence-electron chi connectivity index (χ2n) is 4.79. The molecule has 1 heterocycles. The molecular weight excluding hydrogens is 190 g/mol. The van der Waals surface area contributed by atoms with Gasteiger partial charge in [-0.3, -0.25) is 4.79 Å². The SMILES string of the molecule is CC12CC=CC(CCCC#N)(C1)C(=O)O2. The lowest BCUT2D eigenvalue weighted by atomic mass is 9.72. The summed E-state index contributed by atoms with van der Waals surface area (Å²) in [5.41, 5.74) is -0.720. The molecular formula is C12H15NO2. The molecule has 2 aliphatic rings. The first-order valence-corrected chi connectivity index (χ1v) is 5.38. The predicted molar refractivity (Wildman–Crippen MR) is 54.8 cm³/mol. The first-order chi connectivity index (χ1) is 7.10. The van der Waals surface area contributed by atoms with Crippen LogP contribution in [0.5, 0.6) is 0 Å².